The van der Waals surface area contributed by atoms with Gasteiger partial charge in [0, 0.05) is 12.2 Å². The molecule has 1 amide bonds. The minimum Gasteiger partial charge on any atom is -0.330 e. The van der Waals surface area contributed by atoms with Gasteiger partial charge in [-0.05, 0) is 43.0 Å². The summed E-state index contributed by atoms with van der Waals surface area (Å²) in [5.74, 6) is 0.0622. The molecule has 0 aromatic heterocycles. The van der Waals surface area contributed by atoms with Gasteiger partial charge < -0.3 is 11.1 Å². The zero-order valence-electron chi connectivity index (χ0n) is 12.9. The van der Waals surface area contributed by atoms with Crippen LogP contribution >= 0.6 is 12.4 Å². The average Bonchev–Trinajstić information content (AvgIpc) is 2.81. The van der Waals surface area contributed by atoms with E-state index in [1.54, 1.807) is 0 Å². The molecular formula is C16H26ClN3O. The highest BCUT2D eigenvalue weighted by Crippen LogP contribution is 2.28. The Morgan fingerprint density at radius 3 is 2.76 bits per heavy atom. The Bertz CT molecular complexity index is 480. The largest absolute Gasteiger partial charge is 0.330 e. The summed E-state index contributed by atoms with van der Waals surface area (Å²) in [5.41, 5.74) is 8.07. The summed E-state index contributed by atoms with van der Waals surface area (Å²) in [6.45, 7) is 7.29. The number of nitrogens with zero attached hydrogens (tertiary/aromatic N) is 1. The van der Waals surface area contributed by atoms with Crippen LogP contribution in [0.5, 0.6) is 0 Å². The topological polar surface area (TPSA) is 58.4 Å². The van der Waals surface area contributed by atoms with Crippen LogP contribution < -0.4 is 11.1 Å². The third kappa shape index (κ3) is 4.70. The number of amides is 1. The number of hydrogen-bond acceptors (Lipinski definition) is 3. The smallest absolute Gasteiger partial charge is 0.238 e. The second-order valence-corrected chi connectivity index (χ2v) is 6.03. The van der Waals surface area contributed by atoms with E-state index in [0.29, 0.717) is 13.1 Å². The molecule has 1 aromatic rings. The van der Waals surface area contributed by atoms with Gasteiger partial charge in [0.25, 0.3) is 0 Å². The number of carbonyl (C=O) groups is 1. The van der Waals surface area contributed by atoms with Gasteiger partial charge in [-0.25, -0.2) is 0 Å². The fraction of sp³-hybridized carbons (Fsp3) is 0.562. The predicted octanol–water partition coefficient (Wildman–Crippen LogP) is 2.28. The first kappa shape index (κ1) is 18.0. The van der Waals surface area contributed by atoms with E-state index in [-0.39, 0.29) is 23.7 Å². The molecule has 1 atom stereocenters. The van der Waals surface area contributed by atoms with Crippen molar-refractivity contribution >= 4 is 24.0 Å². The number of carbonyl (C=O) groups excluding carboxylic acids is 1. The third-order valence-electron chi connectivity index (χ3n) is 4.17. The van der Waals surface area contributed by atoms with Crippen molar-refractivity contribution in [1.82, 2.24) is 4.90 Å². The van der Waals surface area contributed by atoms with Crippen LogP contribution in [0.15, 0.2) is 24.3 Å². The van der Waals surface area contributed by atoms with Crippen LogP contribution in [0.3, 0.4) is 0 Å². The molecule has 0 spiro atoms. The zero-order valence-corrected chi connectivity index (χ0v) is 13.7. The van der Waals surface area contributed by atoms with Crippen molar-refractivity contribution in [1.29, 1.82) is 0 Å². The lowest BCUT2D eigenvalue weighted by Crippen LogP contribution is -2.35. The summed E-state index contributed by atoms with van der Waals surface area (Å²) in [5, 5.41) is 3.02. The van der Waals surface area contributed by atoms with Crippen LogP contribution in [0.1, 0.15) is 25.8 Å². The Morgan fingerprint density at radius 2 is 2.14 bits per heavy atom. The number of anilines is 1. The van der Waals surface area contributed by atoms with Crippen molar-refractivity contribution in [3.05, 3.63) is 29.8 Å². The number of nitrogens with two attached hydrogens (primary N) is 1. The first-order chi connectivity index (χ1) is 9.56. The lowest BCUT2D eigenvalue weighted by Gasteiger charge is -2.22. The standard InChI is InChI=1S/C16H25N3O.ClH/c1-3-13-6-4-5-7-14(13)18-15(20)10-19-9-8-16(2,11-17)12-19;/h4-7H,3,8-12,17H2,1-2H3,(H,18,20);1H. The van der Waals surface area contributed by atoms with Crippen molar-refractivity contribution in [3.63, 3.8) is 0 Å². The summed E-state index contributed by atoms with van der Waals surface area (Å²) >= 11 is 0. The van der Waals surface area contributed by atoms with Gasteiger partial charge in [-0.15, -0.1) is 12.4 Å². The van der Waals surface area contributed by atoms with E-state index in [4.69, 9.17) is 5.73 Å². The summed E-state index contributed by atoms with van der Waals surface area (Å²) in [6, 6.07) is 7.97. The second-order valence-electron chi connectivity index (χ2n) is 6.03. The molecule has 1 heterocycles. The van der Waals surface area contributed by atoms with Crippen molar-refractivity contribution < 1.29 is 4.79 Å². The number of hydrogen-bond donors (Lipinski definition) is 2. The maximum Gasteiger partial charge on any atom is 0.238 e. The van der Waals surface area contributed by atoms with E-state index in [2.05, 4.69) is 30.1 Å². The van der Waals surface area contributed by atoms with Gasteiger partial charge >= 0.3 is 0 Å². The molecule has 1 aliphatic heterocycles. The van der Waals surface area contributed by atoms with E-state index < -0.39 is 0 Å². The van der Waals surface area contributed by atoms with Crippen molar-refractivity contribution in [2.75, 3.05) is 31.5 Å². The van der Waals surface area contributed by atoms with Crippen LogP contribution in [0, 0.1) is 5.41 Å². The highest BCUT2D eigenvalue weighted by atomic mass is 35.5. The van der Waals surface area contributed by atoms with Crippen molar-refractivity contribution in [2.45, 2.75) is 26.7 Å². The summed E-state index contributed by atoms with van der Waals surface area (Å²) in [7, 11) is 0. The van der Waals surface area contributed by atoms with Crippen LogP contribution in [0.2, 0.25) is 0 Å². The zero-order chi connectivity index (χ0) is 14.6. The number of nitrogens with one attached hydrogen (secondary N) is 1. The maximum absolute atomic E-state index is 12.2. The normalized spacial score (nSPS) is 21.9. The molecule has 4 nitrogen and oxygen atoms in total. The Kier molecular flexibility index (Phi) is 6.65. The molecule has 0 saturated carbocycles. The van der Waals surface area contributed by atoms with Gasteiger partial charge in [-0.3, -0.25) is 9.69 Å². The molecule has 0 aliphatic carbocycles. The maximum atomic E-state index is 12.2. The molecule has 1 unspecified atom stereocenters. The van der Waals surface area contributed by atoms with Gasteiger partial charge in [-0.1, -0.05) is 32.0 Å². The number of aryl methyl sites for hydroxylation is 1. The molecule has 0 bridgehead atoms. The highest BCUT2D eigenvalue weighted by molar-refractivity contribution is 5.93. The fourth-order valence-corrected chi connectivity index (χ4v) is 2.77. The quantitative estimate of drug-likeness (QED) is 0.877. The van der Waals surface area contributed by atoms with Crippen LogP contribution in [0.25, 0.3) is 0 Å². The molecule has 1 aliphatic rings. The summed E-state index contributed by atoms with van der Waals surface area (Å²) < 4.78 is 0. The second kappa shape index (κ2) is 7.78. The number of likely N-dealkylation sites (tertiary alicyclic amines) is 1. The number of para-hydroxylation sites is 1. The minimum absolute atomic E-state index is 0. The van der Waals surface area contributed by atoms with Gasteiger partial charge in [0.05, 0.1) is 6.54 Å². The van der Waals surface area contributed by atoms with Gasteiger partial charge in [0.15, 0.2) is 0 Å². The molecule has 5 heteroatoms. The van der Waals surface area contributed by atoms with Crippen LogP contribution in [-0.2, 0) is 11.2 Å². The van der Waals surface area contributed by atoms with Crippen molar-refractivity contribution in [2.24, 2.45) is 11.1 Å². The number of halogens is 1. The Morgan fingerprint density at radius 1 is 1.43 bits per heavy atom. The van der Waals surface area contributed by atoms with Crippen LogP contribution in [-0.4, -0.2) is 37.0 Å². The molecule has 3 N–H and O–H groups in total. The van der Waals surface area contributed by atoms with Crippen molar-refractivity contribution in [3.8, 4) is 0 Å². The Hall–Kier alpha value is -1.10. The van der Waals surface area contributed by atoms with E-state index in [1.807, 2.05) is 18.2 Å². The van der Waals surface area contributed by atoms with E-state index in [1.165, 1.54) is 5.56 Å². The molecule has 2 rings (SSSR count). The molecule has 21 heavy (non-hydrogen) atoms. The average molecular weight is 312 g/mol. The first-order valence-corrected chi connectivity index (χ1v) is 7.36. The molecule has 118 valence electrons. The molecule has 1 fully saturated rings. The molecule has 1 saturated heterocycles. The fourth-order valence-electron chi connectivity index (χ4n) is 2.77. The molecule has 0 radical (unpaired) electrons. The minimum atomic E-state index is 0. The van der Waals surface area contributed by atoms with Gasteiger partial charge in [0.1, 0.15) is 0 Å². The lowest BCUT2D eigenvalue weighted by molar-refractivity contribution is -0.117. The lowest BCUT2D eigenvalue weighted by atomic mass is 9.90. The van der Waals surface area contributed by atoms with E-state index in [0.717, 1.165) is 31.6 Å². The number of benzene rings is 1. The molecular weight excluding hydrogens is 286 g/mol. The van der Waals surface area contributed by atoms with Crippen LogP contribution in [0.4, 0.5) is 5.69 Å². The predicted molar refractivity (Wildman–Crippen MR) is 89.9 cm³/mol. The first-order valence-electron chi connectivity index (χ1n) is 7.36. The third-order valence-corrected chi connectivity index (χ3v) is 4.17. The summed E-state index contributed by atoms with van der Waals surface area (Å²) in [4.78, 5) is 14.3. The SMILES string of the molecule is CCc1ccccc1NC(=O)CN1CCC(C)(CN)C1.Cl. The van der Waals surface area contributed by atoms with E-state index in [9.17, 15) is 4.79 Å². The van der Waals surface area contributed by atoms with Gasteiger partial charge in [0.2, 0.25) is 5.91 Å². The Labute approximate surface area is 133 Å². The highest BCUT2D eigenvalue weighted by Gasteiger charge is 2.33. The molecule has 1 aromatic carbocycles. The number of rotatable bonds is 5. The Balaban J connectivity index is 0.00000220. The van der Waals surface area contributed by atoms with Gasteiger partial charge in [-0.2, -0.15) is 0 Å². The summed E-state index contributed by atoms with van der Waals surface area (Å²) in [6.07, 6.45) is 1.99. The van der Waals surface area contributed by atoms with E-state index >= 15 is 0 Å². The monoisotopic (exact) mass is 311 g/mol.